The summed E-state index contributed by atoms with van der Waals surface area (Å²) in [6.07, 6.45) is 0.791. The van der Waals surface area contributed by atoms with Crippen LogP contribution in [0.5, 0.6) is 0 Å². The second-order valence-electron chi connectivity index (χ2n) is 4.45. The van der Waals surface area contributed by atoms with Crippen molar-refractivity contribution in [1.29, 1.82) is 0 Å². The van der Waals surface area contributed by atoms with E-state index in [1.54, 1.807) is 0 Å². The molecular weight excluding hydrogens is 200 g/mol. The van der Waals surface area contributed by atoms with Crippen molar-refractivity contribution >= 4 is 17.6 Å². The summed E-state index contributed by atoms with van der Waals surface area (Å²) in [6, 6.07) is 0. The first-order chi connectivity index (χ1) is 6.40. The fourth-order valence-corrected chi connectivity index (χ4v) is 1.69. The highest BCUT2D eigenvalue weighted by Gasteiger charge is 2.30. The zero-order chi connectivity index (χ0) is 11.3. The van der Waals surface area contributed by atoms with Gasteiger partial charge in [-0.1, -0.05) is 27.7 Å². The highest BCUT2D eigenvalue weighted by molar-refractivity contribution is 6.22. The van der Waals surface area contributed by atoms with Gasteiger partial charge in [-0.15, -0.1) is 11.6 Å². The van der Waals surface area contributed by atoms with Gasteiger partial charge in [-0.3, -0.25) is 4.79 Å². The van der Waals surface area contributed by atoms with Gasteiger partial charge in [0.25, 0.3) is 0 Å². The van der Waals surface area contributed by atoms with E-state index in [4.69, 9.17) is 16.3 Å². The summed E-state index contributed by atoms with van der Waals surface area (Å²) in [6.45, 7) is 8.21. The Kier molecular flexibility index (Phi) is 6.17. The molecule has 0 radical (unpaired) electrons. The SMILES string of the molecule is COC(=O)C(CC(C)C)C(Cl)C(C)C. The predicted molar refractivity (Wildman–Crippen MR) is 59.4 cm³/mol. The summed E-state index contributed by atoms with van der Waals surface area (Å²) in [5, 5.41) is -0.134. The number of halogens is 1. The summed E-state index contributed by atoms with van der Waals surface area (Å²) in [7, 11) is 1.42. The molecule has 0 spiro atoms. The molecule has 0 saturated heterocycles. The van der Waals surface area contributed by atoms with E-state index in [0.717, 1.165) is 6.42 Å². The maximum atomic E-state index is 11.5. The number of esters is 1. The summed E-state index contributed by atoms with van der Waals surface area (Å²) in [5.74, 6) is 0.382. The van der Waals surface area contributed by atoms with E-state index in [1.165, 1.54) is 7.11 Å². The number of rotatable bonds is 5. The molecule has 0 fully saturated rings. The van der Waals surface area contributed by atoms with Crippen molar-refractivity contribution in [3.8, 4) is 0 Å². The third-order valence-electron chi connectivity index (χ3n) is 2.25. The Hall–Kier alpha value is -0.240. The van der Waals surface area contributed by atoms with Crippen molar-refractivity contribution in [1.82, 2.24) is 0 Å². The molecule has 0 N–H and O–H groups in total. The molecule has 84 valence electrons. The Morgan fingerprint density at radius 2 is 1.79 bits per heavy atom. The standard InChI is InChI=1S/C11H21ClO2/c1-7(2)6-9(11(13)14-5)10(12)8(3)4/h7-10H,6H2,1-5H3. The Morgan fingerprint density at radius 3 is 2.07 bits per heavy atom. The summed E-state index contributed by atoms with van der Waals surface area (Å²) < 4.78 is 4.76. The summed E-state index contributed by atoms with van der Waals surface area (Å²) >= 11 is 6.20. The lowest BCUT2D eigenvalue weighted by Gasteiger charge is -2.24. The number of alkyl halides is 1. The molecule has 2 nitrogen and oxygen atoms in total. The van der Waals surface area contributed by atoms with Crippen LogP contribution in [0.1, 0.15) is 34.1 Å². The maximum absolute atomic E-state index is 11.5. The molecule has 0 saturated carbocycles. The Morgan fingerprint density at radius 1 is 1.29 bits per heavy atom. The van der Waals surface area contributed by atoms with Crippen LogP contribution in [-0.2, 0) is 9.53 Å². The van der Waals surface area contributed by atoms with Gasteiger partial charge < -0.3 is 4.74 Å². The third kappa shape index (κ3) is 4.32. The highest BCUT2D eigenvalue weighted by atomic mass is 35.5. The van der Waals surface area contributed by atoms with Crippen LogP contribution in [0, 0.1) is 17.8 Å². The van der Waals surface area contributed by atoms with Crippen molar-refractivity contribution in [3.05, 3.63) is 0 Å². The number of hydrogen-bond donors (Lipinski definition) is 0. The smallest absolute Gasteiger partial charge is 0.310 e. The minimum Gasteiger partial charge on any atom is -0.469 e. The van der Waals surface area contributed by atoms with Crippen LogP contribution in [0.4, 0.5) is 0 Å². The van der Waals surface area contributed by atoms with Gasteiger partial charge in [0.2, 0.25) is 0 Å². The Balaban J connectivity index is 4.46. The molecule has 0 aliphatic rings. The molecule has 0 rings (SSSR count). The quantitative estimate of drug-likeness (QED) is 0.526. The van der Waals surface area contributed by atoms with Crippen molar-refractivity contribution < 1.29 is 9.53 Å². The Bertz CT molecular complexity index is 178. The Labute approximate surface area is 92.0 Å². The van der Waals surface area contributed by atoms with Crippen LogP contribution in [0.15, 0.2) is 0 Å². The topological polar surface area (TPSA) is 26.3 Å². The van der Waals surface area contributed by atoms with Crippen molar-refractivity contribution in [3.63, 3.8) is 0 Å². The molecule has 0 amide bonds. The molecule has 14 heavy (non-hydrogen) atoms. The van der Waals surface area contributed by atoms with Crippen LogP contribution in [0.2, 0.25) is 0 Å². The molecule has 2 atom stereocenters. The van der Waals surface area contributed by atoms with Gasteiger partial charge in [0.15, 0.2) is 0 Å². The second-order valence-corrected chi connectivity index (χ2v) is 4.95. The molecule has 0 aromatic rings. The fourth-order valence-electron chi connectivity index (χ4n) is 1.48. The minimum absolute atomic E-state index is 0.134. The van der Waals surface area contributed by atoms with E-state index in [1.807, 2.05) is 13.8 Å². The number of methoxy groups -OCH3 is 1. The van der Waals surface area contributed by atoms with Gasteiger partial charge in [0.05, 0.1) is 13.0 Å². The first-order valence-corrected chi connectivity index (χ1v) is 5.55. The molecule has 0 aromatic heterocycles. The van der Waals surface area contributed by atoms with Gasteiger partial charge in [-0.2, -0.15) is 0 Å². The first-order valence-electron chi connectivity index (χ1n) is 5.12. The monoisotopic (exact) mass is 220 g/mol. The summed E-state index contributed by atoms with van der Waals surface area (Å²) in [5.41, 5.74) is 0. The second kappa shape index (κ2) is 6.28. The zero-order valence-corrected chi connectivity index (χ0v) is 10.5. The van der Waals surface area contributed by atoms with E-state index in [-0.39, 0.29) is 17.3 Å². The molecular formula is C11H21ClO2. The zero-order valence-electron chi connectivity index (χ0n) is 9.71. The van der Waals surface area contributed by atoms with Gasteiger partial charge in [0.1, 0.15) is 0 Å². The lowest BCUT2D eigenvalue weighted by atomic mass is 9.89. The molecule has 0 aliphatic carbocycles. The van der Waals surface area contributed by atoms with Crippen LogP contribution in [0.3, 0.4) is 0 Å². The van der Waals surface area contributed by atoms with E-state index in [9.17, 15) is 4.79 Å². The average molecular weight is 221 g/mol. The third-order valence-corrected chi connectivity index (χ3v) is 3.06. The number of hydrogen-bond acceptors (Lipinski definition) is 2. The van der Waals surface area contributed by atoms with E-state index >= 15 is 0 Å². The minimum atomic E-state index is -0.188. The lowest BCUT2D eigenvalue weighted by molar-refractivity contribution is -0.146. The largest absolute Gasteiger partial charge is 0.469 e. The average Bonchev–Trinajstić information content (AvgIpc) is 2.11. The molecule has 0 aromatic carbocycles. The number of carbonyl (C=O) groups is 1. The van der Waals surface area contributed by atoms with E-state index in [0.29, 0.717) is 11.8 Å². The normalized spacial score (nSPS) is 15.7. The molecule has 3 heteroatoms. The van der Waals surface area contributed by atoms with E-state index < -0.39 is 0 Å². The van der Waals surface area contributed by atoms with Gasteiger partial charge in [-0.25, -0.2) is 0 Å². The predicted octanol–water partition coefficient (Wildman–Crippen LogP) is 3.09. The lowest BCUT2D eigenvalue weighted by Crippen LogP contribution is -2.30. The maximum Gasteiger partial charge on any atom is 0.310 e. The van der Waals surface area contributed by atoms with Crippen molar-refractivity contribution in [2.24, 2.45) is 17.8 Å². The van der Waals surface area contributed by atoms with Gasteiger partial charge >= 0.3 is 5.97 Å². The molecule has 0 aliphatic heterocycles. The first kappa shape index (κ1) is 13.8. The van der Waals surface area contributed by atoms with Crippen LogP contribution in [0.25, 0.3) is 0 Å². The molecule has 2 unspecified atom stereocenters. The van der Waals surface area contributed by atoms with Crippen LogP contribution < -0.4 is 0 Å². The highest BCUT2D eigenvalue weighted by Crippen LogP contribution is 2.26. The van der Waals surface area contributed by atoms with Gasteiger partial charge in [-0.05, 0) is 18.3 Å². The number of ether oxygens (including phenoxy) is 1. The van der Waals surface area contributed by atoms with Crippen molar-refractivity contribution in [2.45, 2.75) is 39.5 Å². The molecule has 0 heterocycles. The molecule has 0 bridgehead atoms. The van der Waals surface area contributed by atoms with Gasteiger partial charge in [0, 0.05) is 5.38 Å². The fraction of sp³-hybridized carbons (Fsp3) is 0.909. The van der Waals surface area contributed by atoms with Crippen LogP contribution in [-0.4, -0.2) is 18.5 Å². The van der Waals surface area contributed by atoms with E-state index in [2.05, 4.69) is 13.8 Å². The van der Waals surface area contributed by atoms with Crippen molar-refractivity contribution in [2.75, 3.05) is 7.11 Å². The summed E-state index contributed by atoms with van der Waals surface area (Å²) in [4.78, 5) is 11.5. The number of carbonyl (C=O) groups excluding carboxylic acids is 1. The van der Waals surface area contributed by atoms with Crippen LogP contribution >= 0.6 is 11.6 Å².